The van der Waals surface area contributed by atoms with Crippen molar-refractivity contribution in [2.75, 3.05) is 0 Å². The van der Waals surface area contributed by atoms with Crippen molar-refractivity contribution < 1.29 is 0 Å². The molecule has 0 amide bonds. The zero-order valence-electron chi connectivity index (χ0n) is 8.36. The Morgan fingerprint density at radius 1 is 1.38 bits per heavy atom. The highest BCUT2D eigenvalue weighted by molar-refractivity contribution is 5.80. The maximum Gasteiger partial charge on any atom is 0.210 e. The number of H-pyrrole nitrogens is 1. The average Bonchev–Trinajstić information content (AvgIpc) is 2.84. The van der Waals surface area contributed by atoms with Gasteiger partial charge in [0.25, 0.3) is 0 Å². The van der Waals surface area contributed by atoms with Gasteiger partial charge in [0.05, 0.1) is 0 Å². The molecule has 0 spiro atoms. The van der Waals surface area contributed by atoms with Crippen LogP contribution in [0.4, 0.5) is 0 Å². The molecule has 3 heterocycles. The molecule has 1 atom stereocenters. The maximum absolute atomic E-state index is 6.04. The number of pyridine rings is 1. The predicted octanol–water partition coefficient (Wildman–Crippen LogP) is -0.946. The zero-order chi connectivity index (χ0) is 11.2. The molecule has 16 heavy (non-hydrogen) atoms. The SMILES string of the molecule is NC1=NC(N)(c2cnc3[nH]ccc3c2)NN1. The minimum Gasteiger partial charge on any atom is -0.369 e. The molecule has 7 nitrogen and oxygen atoms in total. The van der Waals surface area contributed by atoms with Gasteiger partial charge >= 0.3 is 0 Å². The summed E-state index contributed by atoms with van der Waals surface area (Å²) in [6.07, 6.45) is 3.48. The van der Waals surface area contributed by atoms with Gasteiger partial charge in [0.15, 0.2) is 0 Å². The normalized spacial score (nSPS) is 24.4. The Morgan fingerprint density at radius 3 is 3.00 bits per heavy atom. The summed E-state index contributed by atoms with van der Waals surface area (Å²) in [7, 11) is 0. The van der Waals surface area contributed by atoms with Crippen LogP contribution in [0.15, 0.2) is 29.5 Å². The maximum atomic E-state index is 6.04. The lowest BCUT2D eigenvalue weighted by Gasteiger charge is -2.19. The first kappa shape index (κ1) is 9.13. The fraction of sp³-hybridized carbons (Fsp3) is 0.111. The first-order chi connectivity index (χ1) is 7.67. The van der Waals surface area contributed by atoms with E-state index in [2.05, 4.69) is 25.8 Å². The number of rotatable bonds is 1. The number of hydrazine groups is 1. The number of fused-ring (bicyclic) bond motifs is 1. The van der Waals surface area contributed by atoms with Crippen molar-refractivity contribution in [3.63, 3.8) is 0 Å². The third-order valence-electron chi connectivity index (χ3n) is 2.52. The van der Waals surface area contributed by atoms with Crippen LogP contribution in [0.5, 0.6) is 0 Å². The van der Waals surface area contributed by atoms with Crippen LogP contribution in [0.25, 0.3) is 11.0 Å². The van der Waals surface area contributed by atoms with Crippen LogP contribution in [0.3, 0.4) is 0 Å². The third-order valence-corrected chi connectivity index (χ3v) is 2.52. The molecule has 7 N–H and O–H groups in total. The molecule has 2 aromatic rings. The molecule has 3 rings (SSSR count). The van der Waals surface area contributed by atoms with Crippen LogP contribution in [0, 0.1) is 0 Å². The summed E-state index contributed by atoms with van der Waals surface area (Å²) in [5, 5.41) is 0.977. The minimum atomic E-state index is -1.05. The lowest BCUT2D eigenvalue weighted by Crippen LogP contribution is -2.50. The van der Waals surface area contributed by atoms with Gasteiger partial charge < -0.3 is 10.7 Å². The average molecular weight is 217 g/mol. The number of aromatic amines is 1. The Labute approximate surface area is 90.9 Å². The van der Waals surface area contributed by atoms with Crippen molar-refractivity contribution >= 4 is 17.0 Å². The van der Waals surface area contributed by atoms with E-state index in [0.717, 1.165) is 16.6 Å². The van der Waals surface area contributed by atoms with E-state index >= 15 is 0 Å². The van der Waals surface area contributed by atoms with E-state index in [4.69, 9.17) is 11.5 Å². The standard InChI is InChI=1S/C9H11N7/c10-8-14-9(11,16-15-8)6-3-5-1-2-12-7(5)13-4-6/h1-4,16H,11H2,(H,12,13)(H3,10,14,15). The van der Waals surface area contributed by atoms with Crippen molar-refractivity contribution in [2.24, 2.45) is 16.5 Å². The van der Waals surface area contributed by atoms with Crippen LogP contribution >= 0.6 is 0 Å². The molecule has 1 aliphatic heterocycles. The number of nitrogens with two attached hydrogens (primary N) is 2. The second kappa shape index (κ2) is 2.94. The van der Waals surface area contributed by atoms with Crippen LogP contribution < -0.4 is 22.3 Å². The van der Waals surface area contributed by atoms with Gasteiger partial charge in [-0.25, -0.2) is 9.98 Å². The van der Waals surface area contributed by atoms with Crippen molar-refractivity contribution in [2.45, 2.75) is 5.79 Å². The van der Waals surface area contributed by atoms with Crippen LogP contribution in [0.1, 0.15) is 5.56 Å². The Hall–Kier alpha value is -2.12. The summed E-state index contributed by atoms with van der Waals surface area (Å²) in [6, 6.07) is 3.83. The summed E-state index contributed by atoms with van der Waals surface area (Å²) in [6.45, 7) is 0. The molecule has 0 saturated carbocycles. The molecule has 0 aliphatic carbocycles. The van der Waals surface area contributed by atoms with Gasteiger partial charge in [-0.15, -0.1) is 0 Å². The molecule has 0 aromatic carbocycles. The Morgan fingerprint density at radius 2 is 2.25 bits per heavy atom. The summed E-state index contributed by atoms with van der Waals surface area (Å²) < 4.78 is 0. The fourth-order valence-corrected chi connectivity index (χ4v) is 1.69. The smallest absolute Gasteiger partial charge is 0.210 e. The van der Waals surface area contributed by atoms with E-state index in [1.165, 1.54) is 0 Å². The van der Waals surface area contributed by atoms with Crippen molar-refractivity contribution in [1.29, 1.82) is 0 Å². The highest BCUT2D eigenvalue weighted by atomic mass is 15.6. The zero-order valence-corrected chi connectivity index (χ0v) is 8.36. The first-order valence-corrected chi connectivity index (χ1v) is 4.78. The topological polar surface area (TPSA) is 117 Å². The lowest BCUT2D eigenvalue weighted by atomic mass is 10.1. The Bertz CT molecular complexity index is 572. The highest BCUT2D eigenvalue weighted by Gasteiger charge is 2.31. The predicted molar refractivity (Wildman–Crippen MR) is 59.9 cm³/mol. The molecule has 0 fully saturated rings. The summed E-state index contributed by atoms with van der Waals surface area (Å²) in [4.78, 5) is 11.3. The molecular weight excluding hydrogens is 206 g/mol. The number of nitrogens with zero attached hydrogens (tertiary/aromatic N) is 2. The number of aromatic nitrogens is 2. The largest absolute Gasteiger partial charge is 0.369 e. The van der Waals surface area contributed by atoms with Crippen molar-refractivity contribution in [1.82, 2.24) is 20.8 Å². The second-order valence-corrected chi connectivity index (χ2v) is 3.65. The van der Waals surface area contributed by atoms with Crippen LogP contribution in [-0.2, 0) is 5.79 Å². The molecule has 1 unspecified atom stereocenters. The summed E-state index contributed by atoms with van der Waals surface area (Å²) in [5.74, 6) is -0.792. The third kappa shape index (κ3) is 1.23. The number of guanidine groups is 1. The monoisotopic (exact) mass is 217 g/mol. The second-order valence-electron chi connectivity index (χ2n) is 3.65. The molecule has 1 aliphatic rings. The van der Waals surface area contributed by atoms with Gasteiger partial charge in [0, 0.05) is 23.3 Å². The highest BCUT2D eigenvalue weighted by Crippen LogP contribution is 2.21. The molecule has 0 bridgehead atoms. The fourth-order valence-electron chi connectivity index (χ4n) is 1.69. The van der Waals surface area contributed by atoms with Gasteiger partial charge in [0.2, 0.25) is 11.7 Å². The Balaban J connectivity index is 2.12. The van der Waals surface area contributed by atoms with Crippen molar-refractivity contribution in [3.05, 3.63) is 30.1 Å². The molecule has 0 saturated heterocycles. The van der Waals surface area contributed by atoms with Gasteiger partial charge in [-0.2, -0.15) is 5.43 Å². The van der Waals surface area contributed by atoms with Gasteiger partial charge in [-0.1, -0.05) is 0 Å². The summed E-state index contributed by atoms with van der Waals surface area (Å²) in [5.41, 5.74) is 18.6. The van der Waals surface area contributed by atoms with E-state index in [0.29, 0.717) is 0 Å². The van der Waals surface area contributed by atoms with E-state index in [1.54, 1.807) is 6.20 Å². The lowest BCUT2D eigenvalue weighted by molar-refractivity contribution is 0.374. The molecule has 2 aromatic heterocycles. The quantitative estimate of drug-likeness (QED) is 0.422. The van der Waals surface area contributed by atoms with E-state index in [9.17, 15) is 0 Å². The number of hydrogen-bond acceptors (Lipinski definition) is 6. The van der Waals surface area contributed by atoms with Crippen LogP contribution in [0.2, 0.25) is 0 Å². The van der Waals surface area contributed by atoms with Crippen LogP contribution in [-0.4, -0.2) is 15.9 Å². The number of aliphatic imine (C=N–C) groups is 1. The number of hydrogen-bond donors (Lipinski definition) is 5. The molecular formula is C9H11N7. The Kier molecular flexibility index (Phi) is 1.68. The van der Waals surface area contributed by atoms with E-state index < -0.39 is 5.79 Å². The van der Waals surface area contributed by atoms with Gasteiger partial charge in [-0.05, 0) is 12.1 Å². The molecule has 0 radical (unpaired) electrons. The van der Waals surface area contributed by atoms with Crippen molar-refractivity contribution in [3.8, 4) is 0 Å². The molecule has 82 valence electrons. The molecule has 7 heteroatoms. The minimum absolute atomic E-state index is 0.261. The van der Waals surface area contributed by atoms with E-state index in [1.807, 2.05) is 18.3 Å². The number of nitrogens with one attached hydrogen (secondary N) is 3. The van der Waals surface area contributed by atoms with Gasteiger partial charge in [-0.3, -0.25) is 11.2 Å². The van der Waals surface area contributed by atoms with Gasteiger partial charge in [0.1, 0.15) is 5.65 Å². The van der Waals surface area contributed by atoms with E-state index in [-0.39, 0.29) is 5.96 Å². The summed E-state index contributed by atoms with van der Waals surface area (Å²) >= 11 is 0. The first-order valence-electron chi connectivity index (χ1n) is 4.78.